The van der Waals surface area contributed by atoms with Gasteiger partial charge in [0.2, 0.25) is 5.91 Å². The first-order valence-corrected chi connectivity index (χ1v) is 11.8. The first kappa shape index (κ1) is 23.5. The number of likely N-dealkylation sites (tertiary alicyclic amines) is 1. The number of rotatable bonds is 5. The molecule has 1 unspecified atom stereocenters. The Morgan fingerprint density at radius 3 is 2.34 bits per heavy atom. The van der Waals surface area contributed by atoms with Crippen LogP contribution in [0.5, 0.6) is 0 Å². The fourth-order valence-electron chi connectivity index (χ4n) is 3.61. The summed E-state index contributed by atoms with van der Waals surface area (Å²) >= 11 is 0. The van der Waals surface area contributed by atoms with Gasteiger partial charge in [0.1, 0.15) is 5.54 Å². The lowest BCUT2D eigenvalue weighted by molar-refractivity contribution is -0.156. The van der Waals surface area contributed by atoms with Crippen LogP contribution >= 0.6 is 0 Å². The van der Waals surface area contributed by atoms with E-state index in [1.165, 1.54) is 29.2 Å². The van der Waals surface area contributed by atoms with E-state index in [2.05, 4.69) is 25.5 Å². The van der Waals surface area contributed by atoms with Gasteiger partial charge in [0, 0.05) is 6.54 Å². The zero-order chi connectivity index (χ0) is 23.7. The van der Waals surface area contributed by atoms with Gasteiger partial charge in [-0.05, 0) is 48.1 Å². The van der Waals surface area contributed by atoms with Gasteiger partial charge in [-0.1, -0.05) is 51.1 Å². The summed E-state index contributed by atoms with van der Waals surface area (Å²) in [5, 5.41) is 8.98. The van der Waals surface area contributed by atoms with Crippen molar-refractivity contribution in [2.45, 2.75) is 56.4 Å². The van der Waals surface area contributed by atoms with E-state index in [1.54, 1.807) is 6.92 Å². The highest BCUT2D eigenvalue weighted by Crippen LogP contribution is 2.32. The maximum Gasteiger partial charge on any atom is 0.264 e. The van der Waals surface area contributed by atoms with Crippen LogP contribution in [-0.2, 0) is 31.4 Å². The Morgan fingerprint density at radius 2 is 1.81 bits per heavy atom. The first-order chi connectivity index (χ1) is 14.9. The van der Waals surface area contributed by atoms with Crippen molar-refractivity contribution in [2.75, 3.05) is 6.54 Å². The number of nitrogens with one attached hydrogen (secondary N) is 1. The summed E-state index contributed by atoms with van der Waals surface area (Å²) in [7, 11) is -4.17. The lowest BCUT2D eigenvalue weighted by Gasteiger charge is -2.49. The molecule has 1 atom stereocenters. The minimum absolute atomic E-state index is 0.00885. The van der Waals surface area contributed by atoms with Crippen LogP contribution < -0.4 is 4.72 Å². The highest BCUT2D eigenvalue weighted by atomic mass is 32.2. The van der Waals surface area contributed by atoms with Crippen molar-refractivity contribution in [3.05, 3.63) is 65.2 Å². The van der Waals surface area contributed by atoms with Gasteiger partial charge in [-0.3, -0.25) is 9.59 Å². The number of carbonyl (C=O) groups excluding carboxylic acids is 2. The van der Waals surface area contributed by atoms with Gasteiger partial charge in [-0.15, -0.1) is 0 Å². The Bertz CT molecular complexity index is 1190. The molecule has 8 heteroatoms. The summed E-state index contributed by atoms with van der Waals surface area (Å²) in [6, 6.07) is 15.1. The summed E-state index contributed by atoms with van der Waals surface area (Å²) in [5.41, 5.74) is 0.924. The Balaban J connectivity index is 1.71. The maximum atomic E-state index is 12.9. The zero-order valence-electron chi connectivity index (χ0n) is 18.7. The number of hydrogen-bond acceptors (Lipinski definition) is 5. The average Bonchev–Trinajstić information content (AvgIpc) is 2.71. The van der Waals surface area contributed by atoms with E-state index >= 15 is 0 Å². The third-order valence-electron chi connectivity index (χ3n) is 5.88. The number of nitriles is 1. The predicted molar refractivity (Wildman–Crippen MR) is 120 cm³/mol. The molecule has 0 bridgehead atoms. The second-order valence-corrected chi connectivity index (χ2v) is 10.9. The monoisotopic (exact) mass is 453 g/mol. The van der Waals surface area contributed by atoms with Crippen LogP contribution in [0.25, 0.3) is 0 Å². The van der Waals surface area contributed by atoms with E-state index in [0.29, 0.717) is 13.0 Å². The molecule has 0 saturated carbocycles. The molecule has 0 spiro atoms. The first-order valence-electron chi connectivity index (χ1n) is 10.3. The van der Waals surface area contributed by atoms with Gasteiger partial charge in [0.05, 0.1) is 22.9 Å². The zero-order valence-corrected chi connectivity index (χ0v) is 19.5. The highest BCUT2D eigenvalue weighted by molar-refractivity contribution is 7.90. The number of sulfonamides is 1. The molecule has 2 amide bonds. The van der Waals surface area contributed by atoms with Crippen molar-refractivity contribution in [1.82, 2.24) is 9.62 Å². The van der Waals surface area contributed by atoms with Crippen molar-refractivity contribution in [3.8, 4) is 6.07 Å². The quantitative estimate of drug-likeness (QED) is 0.749. The summed E-state index contributed by atoms with van der Waals surface area (Å²) < 4.78 is 27.3. The minimum Gasteiger partial charge on any atom is -0.328 e. The van der Waals surface area contributed by atoms with Crippen molar-refractivity contribution in [2.24, 2.45) is 0 Å². The standard InChI is InChI=1S/C24H27N3O4S/c1-23(2,3)19-10-8-17(9-11-19)15-21(28)27-13-12-24(27,4)22(29)26-32(30,31)20-7-5-6-18(14-20)16-25/h5-11,14H,12-13,15H2,1-4H3,(H,26,29). The van der Waals surface area contributed by atoms with E-state index in [-0.39, 0.29) is 28.2 Å². The van der Waals surface area contributed by atoms with Crippen molar-refractivity contribution >= 4 is 21.8 Å². The van der Waals surface area contributed by atoms with Crippen molar-refractivity contribution < 1.29 is 18.0 Å². The van der Waals surface area contributed by atoms with E-state index in [0.717, 1.165) is 11.1 Å². The van der Waals surface area contributed by atoms with Gasteiger partial charge in [-0.25, -0.2) is 13.1 Å². The molecule has 0 aromatic heterocycles. The minimum atomic E-state index is -4.17. The number of nitrogens with zero attached hydrogens (tertiary/aromatic N) is 2. The van der Waals surface area contributed by atoms with Gasteiger partial charge < -0.3 is 4.90 Å². The lowest BCUT2D eigenvalue weighted by Crippen LogP contribution is -2.68. The molecule has 3 rings (SSSR count). The molecule has 1 fully saturated rings. The summed E-state index contributed by atoms with van der Waals surface area (Å²) in [5.74, 6) is -0.996. The molecule has 32 heavy (non-hydrogen) atoms. The van der Waals surface area contributed by atoms with Crippen LogP contribution in [0, 0.1) is 11.3 Å². The Kier molecular flexibility index (Phi) is 6.16. The third-order valence-corrected chi connectivity index (χ3v) is 7.21. The number of carbonyl (C=O) groups is 2. The Labute approximate surface area is 189 Å². The summed E-state index contributed by atoms with van der Waals surface area (Å²) in [6.45, 7) is 8.28. The SMILES string of the molecule is CC(C)(C)c1ccc(CC(=O)N2CCC2(C)C(=O)NS(=O)(=O)c2cccc(C#N)c2)cc1. The fraction of sp³-hybridized carbons (Fsp3) is 0.375. The van der Waals surface area contributed by atoms with E-state index < -0.39 is 21.5 Å². The van der Waals surface area contributed by atoms with Crippen LogP contribution in [0.3, 0.4) is 0 Å². The molecular weight excluding hydrogens is 426 g/mol. The second-order valence-electron chi connectivity index (χ2n) is 9.27. The molecule has 1 aliphatic rings. The maximum absolute atomic E-state index is 12.9. The van der Waals surface area contributed by atoms with Gasteiger partial charge in [-0.2, -0.15) is 5.26 Å². The number of amides is 2. The third kappa shape index (κ3) is 4.68. The molecule has 1 saturated heterocycles. The summed E-state index contributed by atoms with van der Waals surface area (Å²) in [4.78, 5) is 27.0. The Hall–Kier alpha value is -3.18. The molecule has 1 heterocycles. The molecule has 168 valence electrons. The van der Waals surface area contributed by atoms with Crippen LogP contribution in [0.2, 0.25) is 0 Å². The van der Waals surface area contributed by atoms with Gasteiger partial charge in [0.25, 0.3) is 15.9 Å². The fourth-order valence-corrected chi connectivity index (χ4v) is 4.73. The van der Waals surface area contributed by atoms with Gasteiger partial charge in [0.15, 0.2) is 0 Å². The number of hydrogen-bond donors (Lipinski definition) is 1. The second kappa shape index (κ2) is 8.40. The normalized spacial score (nSPS) is 18.4. The van der Waals surface area contributed by atoms with E-state index in [1.807, 2.05) is 30.3 Å². The van der Waals surface area contributed by atoms with Crippen LogP contribution in [0.4, 0.5) is 0 Å². The molecule has 7 nitrogen and oxygen atoms in total. The lowest BCUT2D eigenvalue weighted by atomic mass is 9.84. The molecule has 0 aliphatic carbocycles. The smallest absolute Gasteiger partial charge is 0.264 e. The molecular formula is C24H27N3O4S. The predicted octanol–water partition coefficient (Wildman–Crippen LogP) is 2.89. The van der Waals surface area contributed by atoms with Crippen LogP contribution in [-0.4, -0.2) is 37.2 Å². The van der Waals surface area contributed by atoms with Crippen LogP contribution in [0.15, 0.2) is 53.4 Å². The van der Waals surface area contributed by atoms with Crippen LogP contribution in [0.1, 0.15) is 50.8 Å². The Morgan fingerprint density at radius 1 is 1.16 bits per heavy atom. The largest absolute Gasteiger partial charge is 0.328 e. The molecule has 2 aromatic carbocycles. The molecule has 0 radical (unpaired) electrons. The highest BCUT2D eigenvalue weighted by Gasteiger charge is 2.50. The van der Waals surface area contributed by atoms with Gasteiger partial charge >= 0.3 is 0 Å². The van der Waals surface area contributed by atoms with E-state index in [4.69, 9.17) is 5.26 Å². The van der Waals surface area contributed by atoms with Crippen molar-refractivity contribution in [3.63, 3.8) is 0 Å². The topological polar surface area (TPSA) is 107 Å². The molecule has 1 aliphatic heterocycles. The summed E-state index contributed by atoms with van der Waals surface area (Å²) in [6.07, 6.45) is 0.492. The van der Waals surface area contributed by atoms with Crippen molar-refractivity contribution in [1.29, 1.82) is 5.26 Å². The molecule has 1 N–H and O–H groups in total. The average molecular weight is 454 g/mol. The molecule has 2 aromatic rings. The number of benzene rings is 2. The van der Waals surface area contributed by atoms with E-state index in [9.17, 15) is 18.0 Å².